The largest absolute Gasteiger partial charge is 0.332 e. The molecule has 0 spiro atoms. The van der Waals surface area contributed by atoms with Crippen LogP contribution in [0.4, 0.5) is 5.69 Å². The Morgan fingerprint density at radius 1 is 1.22 bits per heavy atom. The summed E-state index contributed by atoms with van der Waals surface area (Å²) in [4.78, 5) is 38.0. The fourth-order valence-corrected chi connectivity index (χ4v) is 4.29. The second-order valence-electron chi connectivity index (χ2n) is 6.35. The van der Waals surface area contributed by atoms with Gasteiger partial charge in [0.05, 0.1) is 11.2 Å². The minimum atomic E-state index is -0.447. The fraction of sp³-hybridized carbons (Fsp3) is 0.316. The molecule has 3 aromatic rings. The average Bonchev–Trinajstić information content (AvgIpc) is 3.11. The molecule has 2 aromatic heterocycles. The van der Waals surface area contributed by atoms with Crippen LogP contribution in [0.2, 0.25) is 0 Å². The maximum absolute atomic E-state index is 12.8. The Hall–Kier alpha value is -2.19. The minimum absolute atomic E-state index is 0.154. The highest BCUT2D eigenvalue weighted by atomic mass is 79.9. The number of rotatable bonds is 6. The molecule has 0 saturated carbocycles. The molecule has 3 rings (SSSR count). The van der Waals surface area contributed by atoms with Gasteiger partial charge in [-0.05, 0) is 58.4 Å². The fourth-order valence-electron chi connectivity index (χ4n) is 2.85. The maximum atomic E-state index is 12.8. The number of hydrogen-bond donors (Lipinski definition) is 1. The molecule has 6 nitrogen and oxygen atoms in total. The van der Waals surface area contributed by atoms with Crippen molar-refractivity contribution in [2.45, 2.75) is 39.8 Å². The lowest BCUT2D eigenvalue weighted by molar-refractivity contribution is -0.116. The standard InChI is InChI=1S/C19H20BrN3O3S/c1-3-4-8-22-18(25)17-15(7-9-27-17)23(19(22)26)11-16(24)21-14-6-5-12(2)10-13(14)20/h5-7,9-10H,3-4,8,11H2,1-2H3,(H,21,24). The molecule has 0 radical (unpaired) electrons. The predicted molar refractivity (Wildman–Crippen MR) is 113 cm³/mol. The Bertz CT molecular complexity index is 1110. The first kappa shape index (κ1) is 19.6. The number of unbranched alkanes of at least 4 members (excludes halogenated alkanes) is 1. The van der Waals surface area contributed by atoms with Gasteiger partial charge in [0, 0.05) is 11.0 Å². The van der Waals surface area contributed by atoms with Gasteiger partial charge in [-0.2, -0.15) is 0 Å². The molecule has 0 bridgehead atoms. The third kappa shape index (κ3) is 4.06. The lowest BCUT2D eigenvalue weighted by Crippen LogP contribution is -2.41. The van der Waals surface area contributed by atoms with Crippen molar-refractivity contribution in [2.75, 3.05) is 5.32 Å². The first-order valence-corrected chi connectivity index (χ1v) is 10.4. The number of carbonyl (C=O) groups is 1. The van der Waals surface area contributed by atoms with Crippen LogP contribution in [0.3, 0.4) is 0 Å². The Balaban J connectivity index is 1.96. The third-order valence-electron chi connectivity index (χ3n) is 4.27. The molecule has 0 aliphatic heterocycles. The van der Waals surface area contributed by atoms with Crippen LogP contribution >= 0.6 is 27.3 Å². The van der Waals surface area contributed by atoms with Gasteiger partial charge in [0.1, 0.15) is 11.2 Å². The Kier molecular flexibility index (Phi) is 5.96. The Morgan fingerprint density at radius 3 is 2.70 bits per heavy atom. The van der Waals surface area contributed by atoms with Crippen LogP contribution in [0.5, 0.6) is 0 Å². The van der Waals surface area contributed by atoms with Gasteiger partial charge < -0.3 is 5.32 Å². The number of anilines is 1. The number of aromatic nitrogens is 2. The van der Waals surface area contributed by atoms with Gasteiger partial charge in [0.25, 0.3) is 5.56 Å². The topological polar surface area (TPSA) is 73.1 Å². The zero-order valence-corrected chi connectivity index (χ0v) is 17.5. The van der Waals surface area contributed by atoms with Crippen molar-refractivity contribution in [1.29, 1.82) is 0 Å². The van der Waals surface area contributed by atoms with Crippen molar-refractivity contribution in [1.82, 2.24) is 9.13 Å². The quantitative estimate of drug-likeness (QED) is 0.622. The number of benzene rings is 1. The summed E-state index contributed by atoms with van der Waals surface area (Å²) < 4.78 is 3.88. The highest BCUT2D eigenvalue weighted by Crippen LogP contribution is 2.23. The lowest BCUT2D eigenvalue weighted by atomic mass is 10.2. The summed E-state index contributed by atoms with van der Waals surface area (Å²) in [5, 5.41) is 4.58. The molecule has 0 aliphatic rings. The van der Waals surface area contributed by atoms with E-state index in [-0.39, 0.29) is 18.0 Å². The summed E-state index contributed by atoms with van der Waals surface area (Å²) in [6.45, 7) is 4.16. The molecule has 0 atom stereocenters. The van der Waals surface area contributed by atoms with E-state index >= 15 is 0 Å². The zero-order chi connectivity index (χ0) is 19.6. The molecule has 1 aromatic carbocycles. The maximum Gasteiger partial charge on any atom is 0.332 e. The molecular weight excluding hydrogens is 430 g/mol. The van der Waals surface area contributed by atoms with E-state index in [0.717, 1.165) is 22.9 Å². The van der Waals surface area contributed by atoms with E-state index in [0.29, 0.717) is 22.4 Å². The van der Waals surface area contributed by atoms with Gasteiger partial charge >= 0.3 is 5.69 Å². The van der Waals surface area contributed by atoms with Gasteiger partial charge in [0.15, 0.2) is 0 Å². The van der Waals surface area contributed by atoms with E-state index in [9.17, 15) is 14.4 Å². The van der Waals surface area contributed by atoms with E-state index in [1.807, 2.05) is 32.0 Å². The first-order valence-electron chi connectivity index (χ1n) is 8.69. The summed E-state index contributed by atoms with van der Waals surface area (Å²) in [6.07, 6.45) is 1.60. The minimum Gasteiger partial charge on any atom is -0.324 e. The molecule has 0 saturated heterocycles. The Labute approximate surface area is 168 Å². The van der Waals surface area contributed by atoms with Gasteiger partial charge in [-0.25, -0.2) is 4.79 Å². The van der Waals surface area contributed by atoms with Crippen molar-refractivity contribution in [3.05, 3.63) is 60.5 Å². The van der Waals surface area contributed by atoms with Crippen LogP contribution in [-0.2, 0) is 17.9 Å². The lowest BCUT2D eigenvalue weighted by Gasteiger charge is -2.13. The van der Waals surface area contributed by atoms with Crippen LogP contribution in [0.15, 0.2) is 43.7 Å². The second kappa shape index (κ2) is 8.22. The molecule has 1 amide bonds. The monoisotopic (exact) mass is 449 g/mol. The molecule has 2 heterocycles. The van der Waals surface area contributed by atoms with Crippen molar-refractivity contribution < 1.29 is 4.79 Å². The SMILES string of the molecule is CCCCn1c(=O)c2sccc2n(CC(=O)Nc2ccc(C)cc2Br)c1=O. The summed E-state index contributed by atoms with van der Waals surface area (Å²) in [5.74, 6) is -0.324. The highest BCUT2D eigenvalue weighted by Gasteiger charge is 2.16. The number of nitrogens with one attached hydrogen (secondary N) is 1. The van der Waals surface area contributed by atoms with E-state index in [1.54, 1.807) is 11.4 Å². The van der Waals surface area contributed by atoms with Gasteiger partial charge in [-0.3, -0.25) is 18.7 Å². The van der Waals surface area contributed by atoms with Crippen molar-refractivity contribution in [2.24, 2.45) is 0 Å². The molecule has 0 unspecified atom stereocenters. The molecule has 0 fully saturated rings. The third-order valence-corrected chi connectivity index (χ3v) is 5.82. The first-order chi connectivity index (χ1) is 12.9. The van der Waals surface area contributed by atoms with Crippen molar-refractivity contribution in [3.8, 4) is 0 Å². The van der Waals surface area contributed by atoms with Crippen LogP contribution < -0.4 is 16.6 Å². The molecule has 1 N–H and O–H groups in total. The van der Waals surface area contributed by atoms with Gasteiger partial charge in [-0.15, -0.1) is 11.3 Å². The van der Waals surface area contributed by atoms with E-state index < -0.39 is 5.69 Å². The molecular formula is C19H20BrN3O3S. The molecule has 8 heteroatoms. The van der Waals surface area contributed by atoms with Crippen LogP contribution in [0, 0.1) is 6.92 Å². The molecule has 0 aliphatic carbocycles. The number of fused-ring (bicyclic) bond motifs is 1. The number of amides is 1. The highest BCUT2D eigenvalue weighted by molar-refractivity contribution is 9.10. The Morgan fingerprint density at radius 2 is 2.00 bits per heavy atom. The van der Waals surface area contributed by atoms with Crippen LogP contribution in [0.1, 0.15) is 25.3 Å². The normalized spacial score (nSPS) is 11.1. The number of carbonyl (C=O) groups excluding carboxylic acids is 1. The van der Waals surface area contributed by atoms with Crippen LogP contribution in [0.25, 0.3) is 10.2 Å². The zero-order valence-electron chi connectivity index (χ0n) is 15.1. The number of nitrogens with zero attached hydrogens (tertiary/aromatic N) is 2. The second-order valence-corrected chi connectivity index (χ2v) is 8.12. The number of aryl methyl sites for hydroxylation is 1. The van der Waals surface area contributed by atoms with Crippen molar-refractivity contribution in [3.63, 3.8) is 0 Å². The molecule has 142 valence electrons. The molecule has 27 heavy (non-hydrogen) atoms. The summed E-state index contributed by atoms with van der Waals surface area (Å²) in [7, 11) is 0. The predicted octanol–water partition coefficient (Wildman–Crippen LogP) is 3.73. The van der Waals surface area contributed by atoms with Crippen LogP contribution in [-0.4, -0.2) is 15.0 Å². The van der Waals surface area contributed by atoms with E-state index in [4.69, 9.17) is 0 Å². The van der Waals surface area contributed by atoms with E-state index in [1.165, 1.54) is 20.5 Å². The summed E-state index contributed by atoms with van der Waals surface area (Å²) >= 11 is 4.72. The van der Waals surface area contributed by atoms with E-state index in [2.05, 4.69) is 21.2 Å². The number of hydrogen-bond acceptors (Lipinski definition) is 4. The summed E-state index contributed by atoms with van der Waals surface area (Å²) in [6, 6.07) is 7.32. The number of thiophene rings is 1. The van der Waals surface area contributed by atoms with Crippen molar-refractivity contribution >= 4 is 49.1 Å². The average molecular weight is 450 g/mol. The number of halogens is 1. The van der Waals surface area contributed by atoms with Gasteiger partial charge in [-0.1, -0.05) is 19.4 Å². The van der Waals surface area contributed by atoms with Gasteiger partial charge in [0.2, 0.25) is 5.91 Å². The smallest absolute Gasteiger partial charge is 0.324 e. The summed E-state index contributed by atoms with van der Waals surface area (Å²) in [5.41, 5.74) is 1.48.